The van der Waals surface area contributed by atoms with Gasteiger partial charge in [-0.05, 0) is 45.6 Å². The molecule has 1 radical (unpaired) electrons. The van der Waals surface area contributed by atoms with E-state index in [1.54, 1.807) is 0 Å². The quantitative estimate of drug-likeness (QED) is 0.131. The molecule has 0 heterocycles. The Labute approximate surface area is 258 Å². The molecule has 0 saturated heterocycles. The van der Waals surface area contributed by atoms with E-state index >= 15 is 0 Å². The summed E-state index contributed by atoms with van der Waals surface area (Å²) in [6, 6.07) is 10.7. The van der Waals surface area contributed by atoms with Crippen LogP contribution in [-0.2, 0) is 32.4 Å². The largest absolute Gasteiger partial charge is 0.868 e. The third-order valence-electron chi connectivity index (χ3n) is 6.25. The van der Waals surface area contributed by atoms with Crippen LogP contribution in [0.1, 0.15) is 107 Å². The van der Waals surface area contributed by atoms with Gasteiger partial charge in [0.1, 0.15) is 0 Å². The minimum absolute atomic E-state index is 0. The number of rotatable bonds is 4. The second-order valence-corrected chi connectivity index (χ2v) is 21.5. The standard InChI is InChI=1S/C24H43P2.C7H4F4O.CH4.Ir/c1-21(2,3)25(22(4,5)6)17-19-14-13-15-20(16-19)18-26(23(7,8)9)24(10,11)12;1-2-3(8)5(10)7(12)6(11)4(2)9;;/h13-15H,17-18H2,1-12H3;12H,1H3;1H4;/q-1;;;/p-1. The van der Waals surface area contributed by atoms with E-state index < -0.39 is 34.6 Å². The molecule has 0 bridgehead atoms. The van der Waals surface area contributed by atoms with Gasteiger partial charge in [0.25, 0.3) is 0 Å². The van der Waals surface area contributed by atoms with E-state index in [0.717, 1.165) is 6.92 Å². The van der Waals surface area contributed by atoms with E-state index in [9.17, 15) is 22.7 Å². The minimum atomic E-state index is -1.88. The van der Waals surface area contributed by atoms with Crippen molar-refractivity contribution in [3.8, 4) is 5.75 Å². The molecule has 8 heteroatoms. The van der Waals surface area contributed by atoms with Gasteiger partial charge in [0.05, 0.1) is 0 Å². The van der Waals surface area contributed by atoms with Gasteiger partial charge in [0, 0.05) is 25.7 Å². The van der Waals surface area contributed by atoms with E-state index in [0.29, 0.717) is 20.6 Å². The average molecular weight is 781 g/mol. The van der Waals surface area contributed by atoms with Crippen molar-refractivity contribution in [1.82, 2.24) is 0 Å². The first-order valence-electron chi connectivity index (χ1n) is 12.9. The van der Waals surface area contributed by atoms with Gasteiger partial charge in [-0.25, -0.2) is 17.6 Å². The van der Waals surface area contributed by atoms with Crippen LogP contribution in [0, 0.1) is 36.3 Å². The van der Waals surface area contributed by atoms with Crippen molar-refractivity contribution < 1.29 is 42.8 Å². The Kier molecular flexibility index (Phi) is 15.9. The fourth-order valence-corrected chi connectivity index (χ4v) is 11.8. The van der Waals surface area contributed by atoms with Gasteiger partial charge in [-0.3, -0.25) is 0 Å². The third-order valence-corrected chi connectivity index (χ3v) is 14.0. The Morgan fingerprint density at radius 3 is 1.15 bits per heavy atom. The fraction of sp³-hybridized carbons (Fsp3) is 0.625. The zero-order valence-electron chi connectivity index (χ0n) is 25.8. The van der Waals surface area contributed by atoms with Crippen LogP contribution in [0.25, 0.3) is 0 Å². The zero-order valence-corrected chi connectivity index (χ0v) is 30.0. The number of hydrogen-bond acceptors (Lipinski definition) is 1. The smallest absolute Gasteiger partial charge is 0.164 e. The van der Waals surface area contributed by atoms with Crippen molar-refractivity contribution in [2.75, 3.05) is 0 Å². The normalized spacial score (nSPS) is 12.5. The maximum atomic E-state index is 12.5. The summed E-state index contributed by atoms with van der Waals surface area (Å²) < 4.78 is 49.6. The summed E-state index contributed by atoms with van der Waals surface area (Å²) in [5.74, 6) is -8.92. The van der Waals surface area contributed by atoms with Gasteiger partial charge >= 0.3 is 0 Å². The van der Waals surface area contributed by atoms with Crippen LogP contribution in [0.4, 0.5) is 17.6 Å². The van der Waals surface area contributed by atoms with Crippen molar-refractivity contribution in [3.05, 3.63) is 64.2 Å². The van der Waals surface area contributed by atoms with Crippen LogP contribution in [0.3, 0.4) is 0 Å². The van der Waals surface area contributed by atoms with Gasteiger partial charge in [-0.1, -0.05) is 106 Å². The second kappa shape index (κ2) is 15.3. The molecule has 0 aliphatic rings. The Hall–Kier alpha value is -0.531. The fourth-order valence-electron chi connectivity index (χ4n) is 4.78. The van der Waals surface area contributed by atoms with Crippen molar-refractivity contribution in [3.63, 3.8) is 0 Å². The maximum Gasteiger partial charge on any atom is 0.164 e. The number of hydrogen-bond donors (Lipinski definition) is 0. The van der Waals surface area contributed by atoms with E-state index in [2.05, 4.69) is 107 Å². The molecule has 0 saturated carbocycles. The summed E-state index contributed by atoms with van der Waals surface area (Å²) in [6.07, 6.45) is 2.36. The minimum Gasteiger partial charge on any atom is -0.868 e. The topological polar surface area (TPSA) is 23.1 Å². The van der Waals surface area contributed by atoms with Crippen molar-refractivity contribution in [2.24, 2.45) is 0 Å². The van der Waals surface area contributed by atoms with E-state index in [-0.39, 0.29) is 43.4 Å². The van der Waals surface area contributed by atoms with Crippen molar-refractivity contribution in [1.29, 1.82) is 0 Å². The van der Waals surface area contributed by atoms with Crippen LogP contribution < -0.4 is 5.11 Å². The summed E-state index contributed by atoms with van der Waals surface area (Å²) in [4.78, 5) is 0. The van der Waals surface area contributed by atoms with Crippen LogP contribution in [0.2, 0.25) is 0 Å². The van der Waals surface area contributed by atoms with Crippen molar-refractivity contribution >= 4 is 15.8 Å². The molecular formula is C32H50F4IrOP2-2. The second-order valence-electron chi connectivity index (χ2n) is 13.8. The van der Waals surface area contributed by atoms with E-state index in [1.807, 2.05) is 0 Å². The molecule has 2 rings (SSSR count). The Morgan fingerprint density at radius 2 is 0.900 bits per heavy atom. The summed E-state index contributed by atoms with van der Waals surface area (Å²) in [5.41, 5.74) is 2.00. The zero-order chi connectivity index (χ0) is 30.0. The predicted molar refractivity (Wildman–Crippen MR) is 163 cm³/mol. The van der Waals surface area contributed by atoms with Gasteiger partial charge in [-0.2, -0.15) is 35.4 Å². The molecular weight excluding hydrogens is 731 g/mol. The Bertz CT molecular complexity index is 912. The first-order chi connectivity index (χ1) is 16.9. The SMILES string of the molecule is C.CC(C)(C)P(Cc1[c-]c(CP(C(C)(C)C)C(C)(C)C)ccc1)C(C)(C)C.Cc1c(F)c(F)c([O-])c(F)c1F.[Ir]. The molecule has 0 fully saturated rings. The van der Waals surface area contributed by atoms with Crippen LogP contribution in [0.5, 0.6) is 5.75 Å². The van der Waals surface area contributed by atoms with Crippen LogP contribution >= 0.6 is 15.8 Å². The predicted octanol–water partition coefficient (Wildman–Crippen LogP) is 10.9. The molecule has 0 aromatic heterocycles. The monoisotopic (exact) mass is 781 g/mol. The van der Waals surface area contributed by atoms with Crippen molar-refractivity contribution in [2.45, 2.75) is 130 Å². The first-order valence-corrected chi connectivity index (χ1v) is 16.0. The van der Waals surface area contributed by atoms with Crippen LogP contribution in [-0.4, -0.2) is 20.6 Å². The Morgan fingerprint density at radius 1 is 0.625 bits per heavy atom. The molecule has 0 amide bonds. The van der Waals surface area contributed by atoms with Gasteiger partial charge in [0.15, 0.2) is 23.3 Å². The average Bonchev–Trinajstić information content (AvgIpc) is 2.75. The summed E-state index contributed by atoms with van der Waals surface area (Å²) in [6.45, 7) is 29.8. The summed E-state index contributed by atoms with van der Waals surface area (Å²) in [7, 11) is -0.246. The molecule has 2 aromatic carbocycles. The van der Waals surface area contributed by atoms with Gasteiger partial charge < -0.3 is 5.11 Å². The molecule has 0 unspecified atom stereocenters. The number of benzene rings is 2. The third kappa shape index (κ3) is 11.6. The van der Waals surface area contributed by atoms with Crippen LogP contribution in [0.15, 0.2) is 18.2 Å². The summed E-state index contributed by atoms with van der Waals surface area (Å²) in [5, 5.41) is 11.8. The first kappa shape index (κ1) is 41.6. The molecule has 0 spiro atoms. The maximum absolute atomic E-state index is 12.5. The molecule has 2 aromatic rings. The molecule has 0 atom stereocenters. The molecule has 0 aliphatic carbocycles. The molecule has 40 heavy (non-hydrogen) atoms. The molecule has 233 valence electrons. The molecule has 0 N–H and O–H groups in total. The summed E-state index contributed by atoms with van der Waals surface area (Å²) >= 11 is 0. The molecule has 1 nitrogen and oxygen atoms in total. The Balaban J connectivity index is 0. The van der Waals surface area contributed by atoms with E-state index in [4.69, 9.17) is 0 Å². The molecule has 0 aliphatic heterocycles. The van der Waals surface area contributed by atoms with E-state index in [1.165, 1.54) is 23.5 Å². The van der Waals surface area contributed by atoms with Gasteiger partial charge in [-0.15, -0.1) is 0 Å². The number of halogens is 4. The van der Waals surface area contributed by atoms with Gasteiger partial charge in [0.2, 0.25) is 0 Å².